The van der Waals surface area contributed by atoms with Crippen molar-refractivity contribution in [2.75, 3.05) is 7.05 Å². The normalized spacial score (nSPS) is 7.32. The van der Waals surface area contributed by atoms with Gasteiger partial charge in [0.1, 0.15) is 0 Å². The van der Waals surface area contributed by atoms with Gasteiger partial charge >= 0.3 is 0 Å². The van der Waals surface area contributed by atoms with E-state index >= 15 is 0 Å². The molecule has 0 amide bonds. The molecule has 0 aliphatic heterocycles. The number of aliphatic imine (C=N–C) groups is 1. The molecule has 0 aliphatic rings. The number of allylic oxidation sites excluding steroid dienone is 6. The summed E-state index contributed by atoms with van der Waals surface area (Å²) in [6, 6.07) is 0. The Bertz CT molecular complexity index is 247. The zero-order valence-electron chi connectivity index (χ0n) is 17.0. The van der Waals surface area contributed by atoms with E-state index in [2.05, 4.69) is 52.6 Å². The summed E-state index contributed by atoms with van der Waals surface area (Å²) in [6.45, 7) is 26.6. The van der Waals surface area contributed by atoms with Gasteiger partial charge in [0, 0.05) is 7.05 Å². The van der Waals surface area contributed by atoms with Crippen LogP contribution in [0.3, 0.4) is 0 Å². The van der Waals surface area contributed by atoms with Crippen molar-refractivity contribution in [1.29, 1.82) is 0 Å². The highest BCUT2D eigenvalue weighted by Gasteiger charge is 1.89. The molecule has 0 aliphatic carbocycles. The van der Waals surface area contributed by atoms with Crippen molar-refractivity contribution in [1.82, 2.24) is 0 Å². The van der Waals surface area contributed by atoms with Gasteiger partial charge in [-0.2, -0.15) is 0 Å². The van der Waals surface area contributed by atoms with Gasteiger partial charge in [0.2, 0.25) is 0 Å². The molecule has 132 valence electrons. The van der Waals surface area contributed by atoms with E-state index in [1.807, 2.05) is 39.8 Å². The van der Waals surface area contributed by atoms with E-state index in [4.69, 9.17) is 0 Å². The van der Waals surface area contributed by atoms with Crippen LogP contribution in [0.25, 0.3) is 0 Å². The summed E-state index contributed by atoms with van der Waals surface area (Å²) in [6.07, 6.45) is 11.3. The minimum absolute atomic E-state index is 1.29. The number of rotatable bonds is 4. The van der Waals surface area contributed by atoms with Crippen LogP contribution in [0.15, 0.2) is 53.6 Å². The van der Waals surface area contributed by atoms with Crippen LogP contribution in [0.2, 0.25) is 0 Å². The van der Waals surface area contributed by atoms with Crippen LogP contribution >= 0.6 is 0 Å². The van der Waals surface area contributed by atoms with Crippen LogP contribution in [0.4, 0.5) is 0 Å². The third-order valence-electron chi connectivity index (χ3n) is 2.09. The van der Waals surface area contributed by atoms with Crippen LogP contribution in [-0.2, 0) is 0 Å². The van der Waals surface area contributed by atoms with E-state index in [9.17, 15) is 0 Å². The standard InChI is InChI=1S/C9H18.C5H8.C3H6.C2H5N.C2H6/c1-5-6-7-9(4)8(2)3;1-3-5-4-2;2*1-3-2;1-2/h5-7H2,1-4H3;3-5H,1H2,2H3;3H,1H2,2H3;1H2,2H3;1-2H3/b;5-4-;;;. The first-order valence-corrected chi connectivity index (χ1v) is 8.21. The molecule has 0 aromatic rings. The SMILES string of the molecule is C=C/C=C\C.C=CC.C=NC.CC.CCCCC(C)=C(C)C. The first kappa shape index (κ1) is 32.5. The monoisotopic (exact) mass is 309 g/mol. The van der Waals surface area contributed by atoms with E-state index < -0.39 is 0 Å². The Morgan fingerprint density at radius 1 is 1.05 bits per heavy atom. The van der Waals surface area contributed by atoms with Crippen molar-refractivity contribution < 1.29 is 0 Å². The molecular formula is C21H43N. The van der Waals surface area contributed by atoms with Gasteiger partial charge in [-0.25, -0.2) is 0 Å². The Kier molecular flexibility index (Phi) is 63.2. The third-order valence-corrected chi connectivity index (χ3v) is 2.09. The number of unbranched alkanes of at least 4 members (excludes halogenated alkanes) is 1. The predicted molar refractivity (Wildman–Crippen MR) is 111 cm³/mol. The Balaban J connectivity index is -0.0000000630. The molecule has 1 nitrogen and oxygen atoms in total. The third kappa shape index (κ3) is 77.7. The lowest BCUT2D eigenvalue weighted by molar-refractivity contribution is 0.780. The average Bonchev–Trinajstić information content (AvgIpc) is 2.50. The summed E-state index contributed by atoms with van der Waals surface area (Å²) in [5.41, 5.74) is 3.06. The van der Waals surface area contributed by atoms with Gasteiger partial charge in [0.05, 0.1) is 0 Å². The van der Waals surface area contributed by atoms with Crippen molar-refractivity contribution in [2.24, 2.45) is 4.99 Å². The maximum atomic E-state index is 3.46. The van der Waals surface area contributed by atoms with Gasteiger partial charge in [0.15, 0.2) is 0 Å². The van der Waals surface area contributed by atoms with Gasteiger partial charge in [-0.05, 0) is 54.2 Å². The summed E-state index contributed by atoms with van der Waals surface area (Å²) in [5, 5.41) is 0. The van der Waals surface area contributed by atoms with E-state index in [0.717, 1.165) is 0 Å². The van der Waals surface area contributed by atoms with Crippen molar-refractivity contribution in [3.63, 3.8) is 0 Å². The summed E-state index contributed by atoms with van der Waals surface area (Å²) in [5.74, 6) is 0. The fourth-order valence-electron chi connectivity index (χ4n) is 0.828. The molecule has 0 bridgehead atoms. The van der Waals surface area contributed by atoms with Crippen LogP contribution in [0.5, 0.6) is 0 Å². The van der Waals surface area contributed by atoms with Crippen molar-refractivity contribution in [3.8, 4) is 0 Å². The largest absolute Gasteiger partial charge is 0.304 e. The summed E-state index contributed by atoms with van der Waals surface area (Å²) >= 11 is 0. The van der Waals surface area contributed by atoms with E-state index in [1.54, 1.807) is 24.8 Å². The topological polar surface area (TPSA) is 12.4 Å². The van der Waals surface area contributed by atoms with Gasteiger partial charge in [-0.1, -0.05) is 69.2 Å². The van der Waals surface area contributed by atoms with Crippen LogP contribution < -0.4 is 0 Å². The maximum Gasteiger partial charge on any atom is 0.0269 e. The lowest BCUT2D eigenvalue weighted by Crippen LogP contribution is -1.79. The van der Waals surface area contributed by atoms with E-state index in [1.165, 1.54) is 24.8 Å². The molecule has 0 fully saturated rings. The molecule has 0 aromatic heterocycles. The van der Waals surface area contributed by atoms with Gasteiger partial charge in [-0.15, -0.1) is 6.58 Å². The minimum atomic E-state index is 1.29. The molecule has 0 unspecified atom stereocenters. The summed E-state index contributed by atoms with van der Waals surface area (Å²) in [7, 11) is 1.64. The summed E-state index contributed by atoms with van der Waals surface area (Å²) < 4.78 is 0. The highest BCUT2D eigenvalue weighted by atomic mass is 14.6. The zero-order chi connectivity index (χ0) is 18.8. The fraction of sp³-hybridized carbons (Fsp3) is 0.571. The lowest BCUT2D eigenvalue weighted by Gasteiger charge is -2.00. The Morgan fingerprint density at radius 2 is 1.41 bits per heavy atom. The van der Waals surface area contributed by atoms with Crippen molar-refractivity contribution in [2.45, 2.75) is 74.7 Å². The number of nitrogens with zero attached hydrogens (tertiary/aromatic N) is 1. The van der Waals surface area contributed by atoms with Gasteiger partial charge in [-0.3, -0.25) is 0 Å². The molecular weight excluding hydrogens is 266 g/mol. The minimum Gasteiger partial charge on any atom is -0.304 e. The van der Waals surface area contributed by atoms with E-state index in [-0.39, 0.29) is 0 Å². The highest BCUT2D eigenvalue weighted by molar-refractivity contribution is 5.22. The Morgan fingerprint density at radius 3 is 1.55 bits per heavy atom. The molecule has 0 spiro atoms. The van der Waals surface area contributed by atoms with E-state index in [0.29, 0.717) is 0 Å². The Labute approximate surface area is 142 Å². The fourth-order valence-corrected chi connectivity index (χ4v) is 0.828. The van der Waals surface area contributed by atoms with Crippen molar-refractivity contribution >= 4 is 6.72 Å². The van der Waals surface area contributed by atoms with Gasteiger partial charge < -0.3 is 4.99 Å². The molecule has 0 saturated carbocycles. The average molecular weight is 310 g/mol. The molecule has 0 radical (unpaired) electrons. The molecule has 0 N–H and O–H groups in total. The first-order chi connectivity index (χ1) is 10.4. The van der Waals surface area contributed by atoms with Crippen LogP contribution in [0, 0.1) is 0 Å². The maximum absolute atomic E-state index is 3.46. The number of hydrogen-bond acceptors (Lipinski definition) is 1. The Hall–Kier alpha value is -1.37. The molecule has 0 atom stereocenters. The molecule has 0 saturated heterocycles. The van der Waals surface area contributed by atoms with Crippen LogP contribution in [0.1, 0.15) is 74.7 Å². The predicted octanol–water partition coefficient (Wildman–Crippen LogP) is 7.82. The second-order valence-corrected chi connectivity index (χ2v) is 4.37. The lowest BCUT2D eigenvalue weighted by atomic mass is 10.1. The quantitative estimate of drug-likeness (QED) is 0.285. The first-order valence-electron chi connectivity index (χ1n) is 8.21. The van der Waals surface area contributed by atoms with Gasteiger partial charge in [0.25, 0.3) is 0 Å². The smallest absolute Gasteiger partial charge is 0.0269 e. The second-order valence-electron chi connectivity index (χ2n) is 4.37. The summed E-state index contributed by atoms with van der Waals surface area (Å²) in [4.78, 5) is 3.25. The van der Waals surface area contributed by atoms with Crippen LogP contribution in [-0.4, -0.2) is 13.8 Å². The number of hydrogen-bond donors (Lipinski definition) is 0. The molecule has 0 aromatic carbocycles. The second kappa shape index (κ2) is 42.7. The van der Waals surface area contributed by atoms with Crippen molar-refractivity contribution in [3.05, 3.63) is 48.6 Å². The highest BCUT2D eigenvalue weighted by Crippen LogP contribution is 2.10. The molecule has 0 rings (SSSR count). The molecule has 1 heteroatoms. The zero-order valence-corrected chi connectivity index (χ0v) is 17.0. The molecule has 22 heavy (non-hydrogen) atoms. The molecule has 0 heterocycles.